The van der Waals surface area contributed by atoms with Gasteiger partial charge in [0, 0.05) is 23.1 Å². The number of carbonyl (C=O) groups is 1. The number of hydrogen-bond acceptors (Lipinski definition) is 5. The normalized spacial score (nSPS) is 10.8. The number of esters is 1. The van der Waals surface area contributed by atoms with Crippen LogP contribution in [0.1, 0.15) is 50.5 Å². The van der Waals surface area contributed by atoms with Crippen LogP contribution in [0.2, 0.25) is 0 Å². The molecule has 152 valence electrons. The molecule has 2 aromatic rings. The highest BCUT2D eigenvalue weighted by molar-refractivity contribution is 5.81. The molecule has 6 heteroatoms. The summed E-state index contributed by atoms with van der Waals surface area (Å²) in [5.74, 6) is -0.606. The van der Waals surface area contributed by atoms with E-state index in [9.17, 15) is 14.0 Å². The van der Waals surface area contributed by atoms with Crippen LogP contribution in [0.3, 0.4) is 0 Å². The van der Waals surface area contributed by atoms with Crippen molar-refractivity contribution in [2.75, 3.05) is 13.2 Å². The zero-order chi connectivity index (χ0) is 20.4. The summed E-state index contributed by atoms with van der Waals surface area (Å²) in [7, 11) is 0. The van der Waals surface area contributed by atoms with Gasteiger partial charge in [-0.1, -0.05) is 38.7 Å². The minimum absolute atomic E-state index is 0.289. The van der Waals surface area contributed by atoms with Gasteiger partial charge in [-0.15, -0.1) is 0 Å². The maximum atomic E-state index is 13.6. The van der Waals surface area contributed by atoms with Gasteiger partial charge in [0.05, 0.1) is 13.2 Å². The Hall–Kier alpha value is -2.63. The van der Waals surface area contributed by atoms with E-state index in [0.717, 1.165) is 44.9 Å². The van der Waals surface area contributed by atoms with Crippen LogP contribution in [0.4, 0.5) is 4.39 Å². The number of hydrogen-bond donors (Lipinski definition) is 0. The summed E-state index contributed by atoms with van der Waals surface area (Å²) in [5.41, 5.74) is -0.335. The molecule has 0 aliphatic heterocycles. The molecular weight excluding hydrogens is 363 g/mol. The summed E-state index contributed by atoms with van der Waals surface area (Å²) in [4.78, 5) is 22.3. The Kier molecular flexibility index (Phi) is 8.72. The second-order valence-electron chi connectivity index (χ2n) is 6.68. The summed E-state index contributed by atoms with van der Waals surface area (Å²) in [6, 6.07) is 5.09. The molecule has 1 aromatic heterocycles. The molecule has 0 N–H and O–H groups in total. The van der Waals surface area contributed by atoms with Crippen molar-refractivity contribution in [1.82, 2.24) is 0 Å². The molecule has 5 nitrogen and oxygen atoms in total. The van der Waals surface area contributed by atoms with Crippen LogP contribution >= 0.6 is 0 Å². The lowest BCUT2D eigenvalue weighted by molar-refractivity contribution is -0.137. The average molecular weight is 390 g/mol. The highest BCUT2D eigenvalue weighted by Gasteiger charge is 2.11. The van der Waals surface area contributed by atoms with Gasteiger partial charge in [-0.2, -0.15) is 4.39 Å². The maximum absolute atomic E-state index is 13.6. The van der Waals surface area contributed by atoms with Crippen molar-refractivity contribution in [2.45, 2.75) is 51.9 Å². The van der Waals surface area contributed by atoms with E-state index in [2.05, 4.69) is 6.58 Å². The second-order valence-corrected chi connectivity index (χ2v) is 6.68. The van der Waals surface area contributed by atoms with Crippen LogP contribution in [-0.4, -0.2) is 19.2 Å². The molecule has 0 fully saturated rings. The fourth-order valence-corrected chi connectivity index (χ4v) is 2.91. The molecule has 0 saturated carbocycles. The summed E-state index contributed by atoms with van der Waals surface area (Å²) in [6.45, 7) is 5.94. The summed E-state index contributed by atoms with van der Waals surface area (Å²) < 4.78 is 29.2. The third-order valence-electron chi connectivity index (χ3n) is 4.54. The Labute approximate surface area is 164 Å². The van der Waals surface area contributed by atoms with Gasteiger partial charge >= 0.3 is 11.6 Å². The van der Waals surface area contributed by atoms with E-state index >= 15 is 0 Å². The Morgan fingerprint density at radius 1 is 1.11 bits per heavy atom. The van der Waals surface area contributed by atoms with Crippen molar-refractivity contribution in [2.24, 2.45) is 0 Å². The van der Waals surface area contributed by atoms with E-state index in [-0.39, 0.29) is 11.5 Å². The van der Waals surface area contributed by atoms with Crippen LogP contribution in [0.25, 0.3) is 11.0 Å². The van der Waals surface area contributed by atoms with E-state index in [1.54, 1.807) is 25.1 Å². The van der Waals surface area contributed by atoms with Gasteiger partial charge in [-0.05, 0) is 31.9 Å². The predicted octanol–water partition coefficient (Wildman–Crippen LogP) is 5.08. The van der Waals surface area contributed by atoms with Gasteiger partial charge in [-0.25, -0.2) is 9.59 Å². The van der Waals surface area contributed by atoms with E-state index < -0.39 is 11.4 Å². The quantitative estimate of drug-likeness (QED) is 0.219. The first-order chi connectivity index (χ1) is 13.5. The minimum atomic E-state index is -0.957. The van der Waals surface area contributed by atoms with E-state index in [1.807, 2.05) is 0 Å². The van der Waals surface area contributed by atoms with Crippen LogP contribution < -0.4 is 10.4 Å². The zero-order valence-electron chi connectivity index (χ0n) is 16.3. The van der Waals surface area contributed by atoms with Gasteiger partial charge in [0.2, 0.25) is 5.82 Å². The highest BCUT2D eigenvalue weighted by atomic mass is 19.1. The van der Waals surface area contributed by atoms with Gasteiger partial charge < -0.3 is 13.9 Å². The van der Waals surface area contributed by atoms with Crippen molar-refractivity contribution in [1.29, 1.82) is 0 Å². The molecule has 0 aliphatic rings. The van der Waals surface area contributed by atoms with Gasteiger partial charge in [0.25, 0.3) is 0 Å². The number of aryl methyl sites for hydroxylation is 1. The van der Waals surface area contributed by atoms with Crippen LogP contribution in [0, 0.1) is 12.7 Å². The summed E-state index contributed by atoms with van der Waals surface area (Å²) in [6.07, 6.45) is 8.48. The fourth-order valence-electron chi connectivity index (χ4n) is 2.91. The molecule has 0 unspecified atom stereocenters. The lowest BCUT2D eigenvalue weighted by Gasteiger charge is -2.08. The number of ether oxygens (including phenoxy) is 2. The lowest BCUT2D eigenvalue weighted by Crippen LogP contribution is -2.07. The molecule has 0 atom stereocenters. The summed E-state index contributed by atoms with van der Waals surface area (Å²) >= 11 is 0. The van der Waals surface area contributed by atoms with Crippen molar-refractivity contribution in [3.05, 3.63) is 52.7 Å². The molecule has 1 heterocycles. The Bertz CT molecular complexity index is 856. The molecule has 2 rings (SSSR count). The number of benzene rings is 1. The van der Waals surface area contributed by atoms with E-state index in [4.69, 9.17) is 13.9 Å². The average Bonchev–Trinajstić information content (AvgIpc) is 2.69. The molecule has 0 spiro atoms. The third-order valence-corrected chi connectivity index (χ3v) is 4.54. The van der Waals surface area contributed by atoms with Crippen LogP contribution in [-0.2, 0) is 9.53 Å². The smallest absolute Gasteiger partial charge is 0.372 e. The van der Waals surface area contributed by atoms with Crippen LogP contribution in [0.5, 0.6) is 5.75 Å². The number of halogens is 1. The topological polar surface area (TPSA) is 65.7 Å². The lowest BCUT2D eigenvalue weighted by atomic mass is 10.1. The van der Waals surface area contributed by atoms with Crippen molar-refractivity contribution >= 4 is 16.9 Å². The first-order valence-electron chi connectivity index (χ1n) is 9.68. The monoisotopic (exact) mass is 390 g/mol. The first-order valence-corrected chi connectivity index (χ1v) is 9.68. The fraction of sp³-hybridized carbons (Fsp3) is 0.455. The molecule has 1 aromatic carbocycles. The van der Waals surface area contributed by atoms with E-state index in [1.165, 1.54) is 6.08 Å². The van der Waals surface area contributed by atoms with Gasteiger partial charge in [0.1, 0.15) is 11.3 Å². The largest absolute Gasteiger partial charge is 0.493 e. The van der Waals surface area contributed by atoms with Gasteiger partial charge in [0.15, 0.2) is 0 Å². The molecule has 0 amide bonds. The molecular formula is C22H27FO5. The second kappa shape index (κ2) is 11.3. The zero-order valence-corrected chi connectivity index (χ0v) is 16.3. The number of unbranched alkanes of at least 4 members (excludes halogenated alkanes) is 6. The number of fused-ring (bicyclic) bond motifs is 1. The first kappa shape index (κ1) is 21.7. The summed E-state index contributed by atoms with van der Waals surface area (Å²) in [5, 5.41) is 0.573. The van der Waals surface area contributed by atoms with Crippen molar-refractivity contribution in [3.63, 3.8) is 0 Å². The SMILES string of the molecule is C=CC(=O)OCCCCCCCCCOc1ccc2c(C)c(F)c(=O)oc2c1. The molecule has 0 radical (unpaired) electrons. The van der Waals surface area contributed by atoms with Crippen molar-refractivity contribution < 1.29 is 23.1 Å². The maximum Gasteiger partial charge on any atom is 0.372 e. The molecule has 0 saturated heterocycles. The van der Waals surface area contributed by atoms with E-state index in [0.29, 0.717) is 29.9 Å². The number of carbonyl (C=O) groups excluding carboxylic acids is 1. The van der Waals surface area contributed by atoms with Gasteiger partial charge in [-0.3, -0.25) is 0 Å². The predicted molar refractivity (Wildman–Crippen MR) is 106 cm³/mol. The highest BCUT2D eigenvalue weighted by Crippen LogP contribution is 2.23. The molecule has 28 heavy (non-hydrogen) atoms. The molecule has 0 bridgehead atoms. The molecule has 0 aliphatic carbocycles. The minimum Gasteiger partial charge on any atom is -0.493 e. The third kappa shape index (κ3) is 6.51. The Balaban J connectivity index is 1.60. The van der Waals surface area contributed by atoms with Crippen molar-refractivity contribution in [3.8, 4) is 5.75 Å². The Morgan fingerprint density at radius 3 is 2.43 bits per heavy atom. The van der Waals surface area contributed by atoms with Crippen LogP contribution in [0.15, 0.2) is 40.1 Å². The standard InChI is InChI=1S/C22H27FO5/c1-3-20(24)27-14-10-8-6-4-5-7-9-13-26-17-11-12-18-16(2)21(23)22(25)28-19(18)15-17/h3,11-12,15H,1,4-10,13-14H2,2H3. The number of rotatable bonds is 12. The Morgan fingerprint density at radius 2 is 1.75 bits per heavy atom.